The first kappa shape index (κ1) is 16.7. The minimum atomic E-state index is -0.410. The Morgan fingerprint density at radius 2 is 2.24 bits per heavy atom. The van der Waals surface area contributed by atoms with Crippen LogP contribution in [0.25, 0.3) is 0 Å². The normalized spacial score (nSPS) is 26.0. The highest BCUT2D eigenvalue weighted by Gasteiger charge is 2.51. The van der Waals surface area contributed by atoms with E-state index in [1.165, 1.54) is 6.20 Å². The molecule has 2 aromatic rings. The Morgan fingerprint density at radius 3 is 2.96 bits per heavy atom. The van der Waals surface area contributed by atoms with Crippen molar-refractivity contribution in [3.8, 4) is 0 Å². The highest BCUT2D eigenvalue weighted by molar-refractivity contribution is 8.13. The van der Waals surface area contributed by atoms with E-state index in [9.17, 15) is 4.39 Å². The summed E-state index contributed by atoms with van der Waals surface area (Å²) in [5.74, 6) is 1.39. The zero-order valence-corrected chi connectivity index (χ0v) is 15.6. The van der Waals surface area contributed by atoms with E-state index >= 15 is 0 Å². The summed E-state index contributed by atoms with van der Waals surface area (Å²) in [4.78, 5) is 21.0. The molecule has 2 aromatic heterocycles. The Balaban J connectivity index is 1.73. The fraction of sp³-hybridized carbons (Fsp3) is 0.500. The second kappa shape index (κ2) is 6.21. The summed E-state index contributed by atoms with van der Waals surface area (Å²) < 4.78 is 14.0. The van der Waals surface area contributed by atoms with Gasteiger partial charge in [0.15, 0.2) is 11.0 Å². The number of anilines is 1. The number of hydrogen-bond acceptors (Lipinski definition) is 8. The monoisotopic (exact) mass is 378 g/mol. The third-order valence-electron chi connectivity index (χ3n) is 4.74. The van der Waals surface area contributed by atoms with E-state index in [2.05, 4.69) is 19.9 Å². The van der Waals surface area contributed by atoms with Crippen LogP contribution in [0.4, 0.5) is 10.3 Å². The quantitative estimate of drug-likeness (QED) is 0.884. The molecule has 25 heavy (non-hydrogen) atoms. The number of halogens is 1. The zero-order valence-electron chi connectivity index (χ0n) is 14.0. The fourth-order valence-electron chi connectivity index (χ4n) is 3.48. The number of fused-ring (bicyclic) bond motifs is 1. The largest absolute Gasteiger partial charge is 0.379 e. The van der Waals surface area contributed by atoms with Gasteiger partial charge in [0, 0.05) is 24.4 Å². The van der Waals surface area contributed by atoms with Crippen LogP contribution in [-0.2, 0) is 5.54 Å². The number of aromatic nitrogens is 3. The molecule has 4 heterocycles. The van der Waals surface area contributed by atoms with Gasteiger partial charge in [-0.05, 0) is 5.92 Å². The minimum Gasteiger partial charge on any atom is -0.379 e. The van der Waals surface area contributed by atoms with Crippen LogP contribution >= 0.6 is 23.1 Å². The molecule has 2 atom stereocenters. The van der Waals surface area contributed by atoms with Gasteiger partial charge in [-0.3, -0.25) is 4.98 Å². The molecule has 0 spiro atoms. The Labute approximate surface area is 153 Å². The molecule has 1 fully saturated rings. The maximum Gasteiger partial charge on any atom is 0.225 e. The van der Waals surface area contributed by atoms with Gasteiger partial charge in [0.2, 0.25) is 5.95 Å². The van der Waals surface area contributed by atoms with E-state index in [0.29, 0.717) is 29.3 Å². The average molecular weight is 379 g/mol. The predicted molar refractivity (Wildman–Crippen MR) is 99.7 cm³/mol. The summed E-state index contributed by atoms with van der Waals surface area (Å²) >= 11 is 3.18. The minimum absolute atomic E-state index is 0.00584. The molecule has 2 aliphatic heterocycles. The van der Waals surface area contributed by atoms with Gasteiger partial charge in [-0.15, -0.1) is 11.3 Å². The van der Waals surface area contributed by atoms with Crippen LogP contribution in [0.5, 0.6) is 0 Å². The predicted octanol–water partition coefficient (Wildman–Crippen LogP) is 2.59. The molecule has 6 nitrogen and oxygen atoms in total. The van der Waals surface area contributed by atoms with Crippen LogP contribution < -0.4 is 10.6 Å². The fourth-order valence-corrected chi connectivity index (χ4v) is 5.30. The van der Waals surface area contributed by atoms with Crippen molar-refractivity contribution < 1.29 is 4.39 Å². The number of thioether (sulfide) groups is 1. The van der Waals surface area contributed by atoms with Gasteiger partial charge in [-0.1, -0.05) is 25.6 Å². The molecule has 2 N–H and O–H groups in total. The van der Waals surface area contributed by atoms with Gasteiger partial charge in [0.1, 0.15) is 5.54 Å². The lowest BCUT2D eigenvalue weighted by Crippen LogP contribution is -2.39. The molecular weight excluding hydrogens is 359 g/mol. The first-order valence-corrected chi connectivity index (χ1v) is 10.0. The van der Waals surface area contributed by atoms with Crippen molar-refractivity contribution in [3.05, 3.63) is 34.3 Å². The molecule has 4 rings (SSSR count). The van der Waals surface area contributed by atoms with E-state index in [-0.39, 0.29) is 11.7 Å². The second-order valence-electron chi connectivity index (χ2n) is 6.69. The van der Waals surface area contributed by atoms with Crippen molar-refractivity contribution in [2.24, 2.45) is 16.6 Å². The third kappa shape index (κ3) is 2.79. The molecule has 0 saturated carbocycles. The number of rotatable bonds is 3. The summed E-state index contributed by atoms with van der Waals surface area (Å²) in [7, 11) is 0. The number of nitrogens with zero attached hydrogens (tertiary/aromatic N) is 5. The van der Waals surface area contributed by atoms with Crippen molar-refractivity contribution in [2.45, 2.75) is 25.3 Å². The first-order valence-electron chi connectivity index (χ1n) is 8.14. The van der Waals surface area contributed by atoms with Crippen molar-refractivity contribution in [1.29, 1.82) is 0 Å². The molecule has 2 aliphatic rings. The second-order valence-corrected chi connectivity index (χ2v) is 8.61. The highest BCUT2D eigenvalue weighted by atomic mass is 32.2. The van der Waals surface area contributed by atoms with Crippen molar-refractivity contribution in [3.63, 3.8) is 0 Å². The lowest BCUT2D eigenvalue weighted by Gasteiger charge is -2.32. The lowest BCUT2D eigenvalue weighted by atomic mass is 9.87. The molecule has 0 radical (unpaired) electrons. The Kier molecular flexibility index (Phi) is 4.15. The van der Waals surface area contributed by atoms with Crippen molar-refractivity contribution in [2.75, 3.05) is 23.7 Å². The van der Waals surface area contributed by atoms with Gasteiger partial charge in [0.05, 0.1) is 28.8 Å². The van der Waals surface area contributed by atoms with Gasteiger partial charge in [-0.2, -0.15) is 0 Å². The van der Waals surface area contributed by atoms with E-state index in [4.69, 9.17) is 10.7 Å². The molecule has 132 valence electrons. The Bertz CT molecular complexity index is 809. The topological polar surface area (TPSA) is 80.3 Å². The van der Waals surface area contributed by atoms with Crippen LogP contribution in [0.1, 0.15) is 30.3 Å². The number of amidine groups is 1. The van der Waals surface area contributed by atoms with Crippen molar-refractivity contribution >= 4 is 34.2 Å². The molecule has 1 unspecified atom stereocenters. The molecule has 9 heteroatoms. The number of aliphatic imine (C=N–C) groups is 1. The molecule has 0 bridgehead atoms. The molecule has 1 saturated heterocycles. The SMILES string of the molecule is CC(C)c1nc(N2C[C@H]3CSC(N)=NC3(c3cncs3)C2)ncc1F. The summed E-state index contributed by atoms with van der Waals surface area (Å²) in [6.45, 7) is 5.26. The van der Waals surface area contributed by atoms with Crippen LogP contribution in [0, 0.1) is 11.7 Å². The number of hydrogen-bond donors (Lipinski definition) is 1. The van der Waals surface area contributed by atoms with Crippen LogP contribution in [-0.4, -0.2) is 39.0 Å². The average Bonchev–Trinajstić information content (AvgIpc) is 3.22. The molecule has 0 amide bonds. The number of thiazole rings is 1. The standard InChI is InChI=1S/C16H19FN6S2/c1-9(2)13-11(17)3-20-15(21-13)23-5-10-6-24-14(18)22-16(10,7-23)12-4-19-8-25-12/h3-4,8-10H,5-7H2,1-2H3,(H2,18,22)/t10-,16?/m0/s1. The summed E-state index contributed by atoms with van der Waals surface area (Å²) in [6, 6.07) is 0. The van der Waals surface area contributed by atoms with Crippen molar-refractivity contribution in [1.82, 2.24) is 15.0 Å². The lowest BCUT2D eigenvalue weighted by molar-refractivity contribution is 0.394. The molecule has 0 aromatic carbocycles. The van der Waals surface area contributed by atoms with E-state index < -0.39 is 5.54 Å². The van der Waals surface area contributed by atoms with Gasteiger partial charge >= 0.3 is 0 Å². The highest BCUT2D eigenvalue weighted by Crippen LogP contribution is 2.47. The van der Waals surface area contributed by atoms with Crippen LogP contribution in [0.15, 0.2) is 22.9 Å². The molecular formula is C16H19FN6S2. The summed E-state index contributed by atoms with van der Waals surface area (Å²) in [6.07, 6.45) is 3.14. The van der Waals surface area contributed by atoms with E-state index in [0.717, 1.165) is 17.2 Å². The number of nitrogens with two attached hydrogens (primary N) is 1. The summed E-state index contributed by atoms with van der Waals surface area (Å²) in [5.41, 5.74) is 7.91. The van der Waals surface area contributed by atoms with Gasteiger partial charge in [-0.25, -0.2) is 19.4 Å². The molecule has 0 aliphatic carbocycles. The van der Waals surface area contributed by atoms with Gasteiger partial charge in [0.25, 0.3) is 0 Å². The Morgan fingerprint density at radius 1 is 1.40 bits per heavy atom. The summed E-state index contributed by atoms with van der Waals surface area (Å²) in [5, 5.41) is 0.606. The maximum absolute atomic E-state index is 14.0. The maximum atomic E-state index is 14.0. The smallest absolute Gasteiger partial charge is 0.225 e. The Hall–Kier alpha value is -1.74. The first-order chi connectivity index (χ1) is 12.0. The third-order valence-corrected chi connectivity index (χ3v) is 6.63. The van der Waals surface area contributed by atoms with Crippen LogP contribution in [0.2, 0.25) is 0 Å². The van der Waals surface area contributed by atoms with E-state index in [1.54, 1.807) is 23.1 Å². The van der Waals surface area contributed by atoms with E-state index in [1.807, 2.05) is 25.6 Å². The van der Waals surface area contributed by atoms with Crippen LogP contribution in [0.3, 0.4) is 0 Å². The zero-order chi connectivity index (χ0) is 17.6. The van der Waals surface area contributed by atoms with Gasteiger partial charge < -0.3 is 10.6 Å².